The van der Waals surface area contributed by atoms with Crippen LogP contribution in [-0.4, -0.2) is 35.1 Å². The molecular formula is C22H19N3O5. The van der Waals surface area contributed by atoms with Crippen LogP contribution in [0.4, 0.5) is 5.69 Å². The Labute approximate surface area is 171 Å². The lowest BCUT2D eigenvalue weighted by atomic mass is 10.1. The second kappa shape index (κ2) is 7.75. The monoisotopic (exact) mass is 405 g/mol. The highest BCUT2D eigenvalue weighted by Crippen LogP contribution is 2.33. The van der Waals surface area contributed by atoms with Gasteiger partial charge in [0.25, 0.3) is 5.56 Å². The lowest BCUT2D eigenvalue weighted by Gasteiger charge is -2.14. The molecule has 1 aliphatic rings. The van der Waals surface area contributed by atoms with Crippen molar-refractivity contribution >= 4 is 23.6 Å². The van der Waals surface area contributed by atoms with E-state index in [1.165, 1.54) is 20.3 Å². The van der Waals surface area contributed by atoms with Crippen LogP contribution in [0, 0.1) is 0 Å². The smallest absolute Gasteiger partial charge is 0.331 e. The standard InChI is InChI=1S/C22H19N3O5/c1-29-15-7-8-19(30-2)14(9-15)12-25-21(27)17(20(26)24-22(25)28)10-13-11-23-18-6-4-3-5-16(13)18/h3-11,27H,12H2,1-2H3,(H,24,26,28). The summed E-state index contributed by atoms with van der Waals surface area (Å²) in [5, 5.41) is 10.8. The van der Waals surface area contributed by atoms with E-state index in [2.05, 4.69) is 9.98 Å². The molecule has 152 valence electrons. The second-order valence-corrected chi connectivity index (χ2v) is 6.64. The summed E-state index contributed by atoms with van der Waals surface area (Å²) in [5.41, 5.74) is 1.43. The topological polar surface area (TPSA) is 106 Å². The third-order valence-electron chi connectivity index (χ3n) is 4.88. The fourth-order valence-corrected chi connectivity index (χ4v) is 3.34. The molecule has 0 atom stereocenters. The number of fused-ring (bicyclic) bond motifs is 1. The minimum Gasteiger partial charge on any atom is -0.497 e. The van der Waals surface area contributed by atoms with Crippen molar-refractivity contribution in [1.29, 1.82) is 0 Å². The lowest BCUT2D eigenvalue weighted by Crippen LogP contribution is -2.31. The van der Waals surface area contributed by atoms with Crippen LogP contribution in [-0.2, 0) is 6.54 Å². The number of para-hydroxylation sites is 1. The van der Waals surface area contributed by atoms with E-state index in [9.17, 15) is 14.7 Å². The molecule has 3 aromatic rings. The van der Waals surface area contributed by atoms with Crippen molar-refractivity contribution in [3.8, 4) is 17.4 Å². The first-order chi connectivity index (χ1) is 14.5. The first-order valence-electron chi connectivity index (χ1n) is 9.14. The molecule has 2 N–H and O–H groups in total. The maximum absolute atomic E-state index is 12.4. The van der Waals surface area contributed by atoms with Gasteiger partial charge in [0.2, 0.25) is 5.88 Å². The molecule has 0 saturated carbocycles. The van der Waals surface area contributed by atoms with Crippen LogP contribution >= 0.6 is 0 Å². The van der Waals surface area contributed by atoms with E-state index < -0.39 is 17.1 Å². The number of aliphatic imine (C=N–C) groups is 1. The number of aromatic hydroxyl groups is 1. The Morgan fingerprint density at radius 1 is 1.13 bits per heavy atom. The average molecular weight is 405 g/mol. The van der Waals surface area contributed by atoms with Crippen molar-refractivity contribution < 1.29 is 14.6 Å². The Balaban J connectivity index is 1.81. The number of H-pyrrole nitrogens is 1. The van der Waals surface area contributed by atoms with Crippen molar-refractivity contribution in [1.82, 2.24) is 9.55 Å². The highest BCUT2D eigenvalue weighted by Gasteiger charge is 2.18. The van der Waals surface area contributed by atoms with Gasteiger partial charge in [0.05, 0.1) is 26.5 Å². The summed E-state index contributed by atoms with van der Waals surface area (Å²) in [6.07, 6.45) is 3.13. The summed E-state index contributed by atoms with van der Waals surface area (Å²) >= 11 is 0. The summed E-state index contributed by atoms with van der Waals surface area (Å²) < 4.78 is 11.6. The number of aromatic amines is 1. The van der Waals surface area contributed by atoms with Crippen molar-refractivity contribution in [2.24, 2.45) is 4.99 Å². The van der Waals surface area contributed by atoms with E-state index in [-0.39, 0.29) is 12.1 Å². The third kappa shape index (κ3) is 3.39. The minimum absolute atomic E-state index is 0.0251. The van der Waals surface area contributed by atoms with E-state index in [1.54, 1.807) is 24.4 Å². The van der Waals surface area contributed by atoms with Crippen LogP contribution < -0.4 is 20.7 Å². The zero-order valence-corrected chi connectivity index (χ0v) is 16.4. The maximum Gasteiger partial charge on any atom is 0.331 e. The van der Waals surface area contributed by atoms with E-state index in [4.69, 9.17) is 9.47 Å². The number of aromatic nitrogens is 2. The molecule has 0 spiro atoms. The van der Waals surface area contributed by atoms with Gasteiger partial charge in [0.15, 0.2) is 0 Å². The number of methoxy groups -OCH3 is 2. The Hall–Kier alpha value is -4.07. The van der Waals surface area contributed by atoms with Crippen LogP contribution in [0.15, 0.2) is 57.0 Å². The van der Waals surface area contributed by atoms with Crippen LogP contribution in [0.5, 0.6) is 17.4 Å². The SMILES string of the molecule is COc1ccc(OC)c(Cn2c(O)c(C=C3C=Nc4ccccc43)c(=O)[nH]c2=O)c1. The van der Waals surface area contributed by atoms with Gasteiger partial charge in [0, 0.05) is 22.9 Å². The molecule has 0 saturated heterocycles. The number of nitrogens with one attached hydrogen (secondary N) is 1. The first kappa shape index (κ1) is 19.3. The predicted octanol–water partition coefficient (Wildman–Crippen LogP) is 2.56. The number of hydrogen-bond donors (Lipinski definition) is 2. The molecule has 8 nitrogen and oxygen atoms in total. The third-order valence-corrected chi connectivity index (χ3v) is 4.88. The second-order valence-electron chi connectivity index (χ2n) is 6.64. The zero-order valence-electron chi connectivity index (χ0n) is 16.4. The van der Waals surface area contributed by atoms with E-state index in [0.29, 0.717) is 22.6 Å². The first-order valence-corrected chi connectivity index (χ1v) is 9.14. The van der Waals surface area contributed by atoms with E-state index >= 15 is 0 Å². The van der Waals surface area contributed by atoms with Crippen molar-refractivity contribution in [3.05, 3.63) is 80.0 Å². The van der Waals surface area contributed by atoms with Crippen molar-refractivity contribution in [2.75, 3.05) is 14.2 Å². The Morgan fingerprint density at radius 2 is 1.93 bits per heavy atom. The summed E-state index contributed by atoms with van der Waals surface area (Å²) in [7, 11) is 3.04. The molecule has 0 bridgehead atoms. The predicted molar refractivity (Wildman–Crippen MR) is 114 cm³/mol. The van der Waals surface area contributed by atoms with Crippen LogP contribution in [0.3, 0.4) is 0 Å². The number of ether oxygens (including phenoxy) is 2. The quantitative estimate of drug-likeness (QED) is 0.679. The number of benzene rings is 2. The van der Waals surface area contributed by atoms with Gasteiger partial charge in [-0.1, -0.05) is 18.2 Å². The molecule has 1 aliphatic heterocycles. The molecule has 8 heteroatoms. The number of hydrogen-bond acceptors (Lipinski definition) is 6. The van der Waals surface area contributed by atoms with Gasteiger partial charge in [-0.05, 0) is 30.3 Å². The molecule has 30 heavy (non-hydrogen) atoms. The van der Waals surface area contributed by atoms with E-state index in [0.717, 1.165) is 15.8 Å². The Bertz CT molecular complexity index is 1300. The molecule has 2 aromatic carbocycles. The van der Waals surface area contributed by atoms with Gasteiger partial charge in [-0.25, -0.2) is 4.79 Å². The molecule has 1 aromatic heterocycles. The number of allylic oxidation sites excluding steroid dienone is 1. The fourth-order valence-electron chi connectivity index (χ4n) is 3.34. The number of rotatable bonds is 5. The minimum atomic E-state index is -0.731. The average Bonchev–Trinajstić information content (AvgIpc) is 3.17. The Kier molecular flexibility index (Phi) is 4.97. The normalized spacial score (nSPS) is 13.5. The van der Waals surface area contributed by atoms with Gasteiger partial charge in [-0.2, -0.15) is 0 Å². The zero-order chi connectivity index (χ0) is 21.3. The molecule has 0 amide bonds. The molecule has 0 fully saturated rings. The summed E-state index contributed by atoms with van der Waals surface area (Å²) in [4.78, 5) is 31.4. The maximum atomic E-state index is 12.4. The largest absolute Gasteiger partial charge is 0.497 e. The molecular weight excluding hydrogens is 386 g/mol. The van der Waals surface area contributed by atoms with Crippen LogP contribution in [0.1, 0.15) is 16.7 Å². The molecule has 0 aliphatic carbocycles. The van der Waals surface area contributed by atoms with Gasteiger partial charge in [-0.3, -0.25) is 19.3 Å². The number of nitrogens with zero attached hydrogens (tertiary/aromatic N) is 2. The summed E-state index contributed by atoms with van der Waals surface area (Å²) in [6.45, 7) is -0.0251. The van der Waals surface area contributed by atoms with Gasteiger partial charge < -0.3 is 14.6 Å². The van der Waals surface area contributed by atoms with Gasteiger partial charge >= 0.3 is 5.69 Å². The highest BCUT2D eigenvalue weighted by atomic mass is 16.5. The highest BCUT2D eigenvalue weighted by molar-refractivity contribution is 6.21. The lowest BCUT2D eigenvalue weighted by molar-refractivity contribution is 0.387. The van der Waals surface area contributed by atoms with E-state index in [1.807, 2.05) is 24.3 Å². The fraction of sp³-hybridized carbons (Fsp3) is 0.136. The van der Waals surface area contributed by atoms with Crippen molar-refractivity contribution in [3.63, 3.8) is 0 Å². The van der Waals surface area contributed by atoms with Gasteiger partial charge in [0.1, 0.15) is 17.1 Å². The van der Waals surface area contributed by atoms with Crippen LogP contribution in [0.2, 0.25) is 0 Å². The molecule has 0 radical (unpaired) electrons. The molecule has 2 heterocycles. The molecule has 4 rings (SSSR count). The Morgan fingerprint density at radius 3 is 2.70 bits per heavy atom. The molecule has 0 unspecified atom stereocenters. The van der Waals surface area contributed by atoms with Gasteiger partial charge in [-0.15, -0.1) is 0 Å². The van der Waals surface area contributed by atoms with Crippen molar-refractivity contribution in [2.45, 2.75) is 6.54 Å². The summed E-state index contributed by atoms with van der Waals surface area (Å²) in [5.74, 6) is 0.646. The van der Waals surface area contributed by atoms with Crippen LogP contribution in [0.25, 0.3) is 11.6 Å². The summed E-state index contributed by atoms with van der Waals surface area (Å²) in [6, 6.07) is 12.6.